The zero-order valence-corrected chi connectivity index (χ0v) is 16.6. The maximum Gasteiger partial charge on any atom is 0.394 e. The average molecular weight is 409 g/mol. The summed E-state index contributed by atoms with van der Waals surface area (Å²) in [6.45, 7) is 5.45. The summed E-state index contributed by atoms with van der Waals surface area (Å²) < 4.78 is 33.7. The van der Waals surface area contributed by atoms with Crippen molar-refractivity contribution in [3.05, 3.63) is 30.6 Å². The molecular weight excluding hydrogens is 386 g/mol. The summed E-state index contributed by atoms with van der Waals surface area (Å²) in [6, 6.07) is 7.94. The van der Waals surface area contributed by atoms with Gasteiger partial charge in [0.25, 0.3) is 0 Å². The Hall–Kier alpha value is -2.60. The SMILES string of the molecule is CNCC(=O)Nc1nc2ccccc2c2c1ncn2CC(C)C.O=S(=O)(O)O. The molecule has 0 unspecified atom stereocenters. The Kier molecular flexibility index (Phi) is 7.02. The number of pyridine rings is 1. The van der Waals surface area contributed by atoms with E-state index < -0.39 is 10.4 Å². The predicted molar refractivity (Wildman–Crippen MR) is 107 cm³/mol. The molecule has 0 aliphatic rings. The molecule has 3 aromatic rings. The Morgan fingerprint density at radius 1 is 1.25 bits per heavy atom. The molecule has 0 fully saturated rings. The Morgan fingerprint density at radius 3 is 2.50 bits per heavy atom. The van der Waals surface area contributed by atoms with Gasteiger partial charge in [0, 0.05) is 11.9 Å². The van der Waals surface area contributed by atoms with Crippen molar-refractivity contribution in [1.29, 1.82) is 0 Å². The first kappa shape index (κ1) is 21.7. The number of likely N-dealkylation sites (N-methyl/N-ethyl adjacent to an activating group) is 1. The average Bonchev–Trinajstić information content (AvgIpc) is 2.97. The number of amides is 1. The van der Waals surface area contributed by atoms with E-state index in [1.807, 2.05) is 30.6 Å². The largest absolute Gasteiger partial charge is 0.394 e. The number of rotatable bonds is 5. The fourth-order valence-corrected chi connectivity index (χ4v) is 2.74. The number of anilines is 1. The summed E-state index contributed by atoms with van der Waals surface area (Å²) in [7, 11) is -2.93. The van der Waals surface area contributed by atoms with Gasteiger partial charge >= 0.3 is 10.4 Å². The first-order valence-electron chi connectivity index (χ1n) is 8.48. The van der Waals surface area contributed by atoms with Crippen LogP contribution < -0.4 is 10.6 Å². The van der Waals surface area contributed by atoms with Gasteiger partial charge in [0.2, 0.25) is 5.91 Å². The molecule has 0 radical (unpaired) electrons. The summed E-state index contributed by atoms with van der Waals surface area (Å²) in [5.74, 6) is 0.887. The molecular formula is C17H23N5O5S. The number of benzene rings is 1. The van der Waals surface area contributed by atoms with Crippen LogP contribution in [0.15, 0.2) is 30.6 Å². The fraction of sp³-hybridized carbons (Fsp3) is 0.353. The minimum atomic E-state index is -4.67. The molecule has 11 heteroatoms. The van der Waals surface area contributed by atoms with E-state index >= 15 is 0 Å². The van der Waals surface area contributed by atoms with Crippen molar-refractivity contribution in [2.45, 2.75) is 20.4 Å². The highest BCUT2D eigenvalue weighted by Crippen LogP contribution is 2.29. The quantitative estimate of drug-likeness (QED) is 0.466. The number of hydrogen-bond acceptors (Lipinski definition) is 6. The predicted octanol–water partition coefficient (Wildman–Crippen LogP) is 1.75. The van der Waals surface area contributed by atoms with E-state index in [0.717, 1.165) is 28.5 Å². The number of imidazole rings is 1. The van der Waals surface area contributed by atoms with Crippen molar-refractivity contribution < 1.29 is 22.3 Å². The summed E-state index contributed by atoms with van der Waals surface area (Å²) in [5.41, 5.74) is 2.60. The van der Waals surface area contributed by atoms with Gasteiger partial charge in [-0.1, -0.05) is 32.0 Å². The number of nitrogens with zero attached hydrogens (tertiary/aromatic N) is 3. The molecule has 4 N–H and O–H groups in total. The number of aromatic nitrogens is 3. The monoisotopic (exact) mass is 409 g/mol. The van der Waals surface area contributed by atoms with E-state index in [1.165, 1.54) is 0 Å². The van der Waals surface area contributed by atoms with Gasteiger partial charge in [-0.2, -0.15) is 8.42 Å². The second kappa shape index (κ2) is 9.06. The Labute approximate surface area is 162 Å². The maximum absolute atomic E-state index is 11.9. The summed E-state index contributed by atoms with van der Waals surface area (Å²) in [4.78, 5) is 21.0. The molecule has 0 saturated heterocycles. The lowest BCUT2D eigenvalue weighted by atomic mass is 10.1. The van der Waals surface area contributed by atoms with Crippen molar-refractivity contribution >= 4 is 44.1 Å². The molecule has 0 bridgehead atoms. The molecule has 152 valence electrons. The van der Waals surface area contributed by atoms with Crippen molar-refractivity contribution in [3.8, 4) is 0 Å². The number of carbonyl (C=O) groups is 1. The van der Waals surface area contributed by atoms with Crippen LogP contribution in [0.1, 0.15) is 13.8 Å². The minimum absolute atomic E-state index is 0.130. The van der Waals surface area contributed by atoms with E-state index in [9.17, 15) is 4.79 Å². The topological polar surface area (TPSA) is 146 Å². The molecule has 3 rings (SSSR count). The van der Waals surface area contributed by atoms with Crippen LogP contribution in [0, 0.1) is 5.92 Å². The molecule has 0 spiro atoms. The summed E-state index contributed by atoms with van der Waals surface area (Å²) >= 11 is 0. The van der Waals surface area contributed by atoms with Crippen LogP contribution in [0.4, 0.5) is 5.82 Å². The number of nitrogens with one attached hydrogen (secondary N) is 2. The molecule has 10 nitrogen and oxygen atoms in total. The first-order chi connectivity index (χ1) is 13.1. The number of para-hydroxylation sites is 1. The third-order valence-electron chi connectivity index (χ3n) is 3.61. The highest BCUT2D eigenvalue weighted by molar-refractivity contribution is 7.79. The second-order valence-electron chi connectivity index (χ2n) is 6.49. The normalized spacial score (nSPS) is 11.5. The fourth-order valence-electron chi connectivity index (χ4n) is 2.74. The first-order valence-corrected chi connectivity index (χ1v) is 9.87. The molecule has 0 atom stereocenters. The Morgan fingerprint density at radius 2 is 1.89 bits per heavy atom. The minimum Gasteiger partial charge on any atom is -0.330 e. The third kappa shape index (κ3) is 5.96. The van der Waals surface area contributed by atoms with Gasteiger partial charge in [0.1, 0.15) is 5.52 Å². The van der Waals surface area contributed by atoms with Crippen LogP contribution in [0.25, 0.3) is 21.9 Å². The molecule has 0 saturated carbocycles. The van der Waals surface area contributed by atoms with Crippen molar-refractivity contribution in [1.82, 2.24) is 19.9 Å². The molecule has 2 heterocycles. The molecule has 1 aromatic carbocycles. The summed E-state index contributed by atoms with van der Waals surface area (Å²) in [5, 5.41) is 6.74. The van der Waals surface area contributed by atoms with Crippen molar-refractivity contribution in [3.63, 3.8) is 0 Å². The van der Waals surface area contributed by atoms with E-state index in [0.29, 0.717) is 11.7 Å². The highest BCUT2D eigenvalue weighted by atomic mass is 32.3. The molecule has 0 aliphatic heterocycles. The molecule has 0 aliphatic carbocycles. The third-order valence-corrected chi connectivity index (χ3v) is 3.61. The van der Waals surface area contributed by atoms with Gasteiger partial charge in [-0.05, 0) is 19.0 Å². The molecule has 1 amide bonds. The van der Waals surface area contributed by atoms with E-state index in [2.05, 4.69) is 39.0 Å². The van der Waals surface area contributed by atoms with Crippen molar-refractivity contribution in [2.75, 3.05) is 18.9 Å². The molecule has 28 heavy (non-hydrogen) atoms. The second-order valence-corrected chi connectivity index (χ2v) is 7.39. The van der Waals surface area contributed by atoms with Crippen LogP contribution in [0.5, 0.6) is 0 Å². The van der Waals surface area contributed by atoms with Gasteiger partial charge in [0.15, 0.2) is 5.82 Å². The number of hydrogen-bond donors (Lipinski definition) is 4. The number of fused-ring (bicyclic) bond motifs is 3. The van der Waals surface area contributed by atoms with Gasteiger partial charge < -0.3 is 15.2 Å². The van der Waals surface area contributed by atoms with Gasteiger partial charge in [0.05, 0.1) is 23.9 Å². The zero-order chi connectivity index (χ0) is 20.9. The van der Waals surface area contributed by atoms with Crippen LogP contribution in [0.3, 0.4) is 0 Å². The van der Waals surface area contributed by atoms with E-state index in [1.54, 1.807) is 7.05 Å². The van der Waals surface area contributed by atoms with Crippen LogP contribution in [-0.2, 0) is 21.7 Å². The Bertz CT molecular complexity index is 1070. The standard InChI is InChI=1S/C17H21N5O.H2O4S/c1-11(2)9-22-10-19-15-16(22)12-6-4-5-7-13(12)20-17(15)21-14(23)8-18-3;1-5(2,3)4/h4-7,10-11,18H,8-9H2,1-3H3,(H,20,21,23);(H2,1,2,3,4). The van der Waals surface area contributed by atoms with E-state index in [4.69, 9.17) is 17.5 Å². The number of carbonyl (C=O) groups excluding carboxylic acids is 1. The lowest BCUT2D eigenvalue weighted by Gasteiger charge is -2.11. The van der Waals surface area contributed by atoms with Crippen molar-refractivity contribution in [2.24, 2.45) is 5.92 Å². The van der Waals surface area contributed by atoms with Crippen LogP contribution in [-0.4, -0.2) is 51.6 Å². The smallest absolute Gasteiger partial charge is 0.330 e. The highest BCUT2D eigenvalue weighted by Gasteiger charge is 2.15. The lowest BCUT2D eigenvalue weighted by molar-refractivity contribution is -0.115. The summed E-state index contributed by atoms with van der Waals surface area (Å²) in [6.07, 6.45) is 1.83. The maximum atomic E-state index is 11.9. The lowest BCUT2D eigenvalue weighted by Crippen LogP contribution is -2.25. The molecule has 2 aromatic heterocycles. The Balaban J connectivity index is 0.000000500. The zero-order valence-electron chi connectivity index (χ0n) is 15.7. The van der Waals surface area contributed by atoms with E-state index in [-0.39, 0.29) is 12.5 Å². The van der Waals surface area contributed by atoms with Crippen LogP contribution >= 0.6 is 0 Å². The van der Waals surface area contributed by atoms with Gasteiger partial charge in [-0.25, -0.2) is 9.97 Å². The van der Waals surface area contributed by atoms with Crippen LogP contribution in [0.2, 0.25) is 0 Å². The van der Waals surface area contributed by atoms with Gasteiger partial charge in [-0.3, -0.25) is 13.9 Å². The van der Waals surface area contributed by atoms with Gasteiger partial charge in [-0.15, -0.1) is 0 Å².